The number of halogens is 2. The molecule has 0 saturated heterocycles. The summed E-state index contributed by atoms with van der Waals surface area (Å²) in [7, 11) is 0. The van der Waals surface area contributed by atoms with E-state index in [0.29, 0.717) is 0 Å². The second kappa shape index (κ2) is 7.27. The third kappa shape index (κ3) is 5.93. The largest absolute Gasteiger partial charge is 0.256 e. The Morgan fingerprint density at radius 2 is 2.21 bits per heavy atom. The highest BCUT2D eigenvalue weighted by Crippen LogP contribution is 2.30. The number of pyridine rings is 1. The normalized spacial score (nSPS) is 13.3. The van der Waals surface area contributed by atoms with Gasteiger partial charge in [-0.15, -0.1) is 6.58 Å². The summed E-state index contributed by atoms with van der Waals surface area (Å²) in [5.41, 5.74) is 0.821. The molecule has 0 saturated carbocycles. The second-order valence-electron chi connectivity index (χ2n) is 5.26. The van der Waals surface area contributed by atoms with E-state index in [0.717, 1.165) is 18.4 Å². The predicted octanol–water partition coefficient (Wildman–Crippen LogP) is 4.92. The van der Waals surface area contributed by atoms with Crippen LogP contribution in [0.4, 0.5) is 4.39 Å². The lowest BCUT2D eigenvalue weighted by Crippen LogP contribution is -2.22. The minimum absolute atomic E-state index is 0.0304. The Morgan fingerprint density at radius 3 is 2.74 bits per heavy atom. The Morgan fingerprint density at radius 1 is 1.53 bits per heavy atom. The van der Waals surface area contributed by atoms with Crippen LogP contribution in [0.5, 0.6) is 0 Å². The average Bonchev–Trinajstić information content (AvgIpc) is 2.29. The maximum absolute atomic E-state index is 13.0. The van der Waals surface area contributed by atoms with Crippen LogP contribution in [0.25, 0.3) is 0 Å². The van der Waals surface area contributed by atoms with Crippen molar-refractivity contribution in [2.75, 3.05) is 0 Å². The molecule has 1 N–H and O–H groups in total. The lowest BCUT2D eigenvalue weighted by Gasteiger charge is -2.24. The fraction of sp³-hybridized carbons (Fsp3) is 0.500. The maximum Gasteiger partial charge on any atom is 0.214 e. The van der Waals surface area contributed by atoms with Crippen molar-refractivity contribution in [3.63, 3.8) is 0 Å². The van der Waals surface area contributed by atoms with Gasteiger partial charge in [-0.1, -0.05) is 29.6 Å². The van der Waals surface area contributed by atoms with Crippen molar-refractivity contribution < 1.29 is 4.39 Å². The Labute approximate surface area is 124 Å². The van der Waals surface area contributed by atoms with Crippen LogP contribution in [0.15, 0.2) is 24.8 Å². The molecule has 0 aliphatic heterocycles. The molecule has 1 heterocycles. The van der Waals surface area contributed by atoms with Crippen LogP contribution in [0.1, 0.15) is 45.2 Å². The van der Waals surface area contributed by atoms with Crippen LogP contribution >= 0.6 is 23.5 Å². The van der Waals surface area contributed by atoms with E-state index in [2.05, 4.69) is 37.1 Å². The van der Waals surface area contributed by atoms with Gasteiger partial charge in [0.2, 0.25) is 5.95 Å². The molecule has 0 aromatic carbocycles. The zero-order valence-corrected chi connectivity index (χ0v) is 13.1. The zero-order valence-electron chi connectivity index (χ0n) is 11.5. The number of aromatic nitrogens is 1. The standard InChI is InChI=1S/C14H20ClFN2S/c1-5-6-7-11(18-19-14(2,3)4)10-8-9-12(16)17-13(10)15/h5,8-9,11,18H,1,6-7H2,2-4H3. The van der Waals surface area contributed by atoms with E-state index in [9.17, 15) is 4.39 Å². The Balaban J connectivity index is 2.85. The minimum Gasteiger partial charge on any atom is -0.256 e. The van der Waals surface area contributed by atoms with Gasteiger partial charge in [-0.2, -0.15) is 4.39 Å². The van der Waals surface area contributed by atoms with Crippen molar-refractivity contribution in [1.82, 2.24) is 9.71 Å². The molecule has 0 fully saturated rings. The van der Waals surface area contributed by atoms with E-state index < -0.39 is 5.95 Å². The summed E-state index contributed by atoms with van der Waals surface area (Å²) in [5, 5.41) is 0.219. The molecule has 0 bridgehead atoms. The number of hydrogen-bond acceptors (Lipinski definition) is 3. The monoisotopic (exact) mass is 302 g/mol. The first kappa shape index (κ1) is 16.5. The molecule has 0 aliphatic rings. The molecule has 1 aromatic heterocycles. The van der Waals surface area contributed by atoms with Crippen LogP contribution in [-0.2, 0) is 0 Å². The molecule has 1 unspecified atom stereocenters. The molecule has 19 heavy (non-hydrogen) atoms. The molecule has 0 aliphatic carbocycles. The summed E-state index contributed by atoms with van der Waals surface area (Å²) in [6.45, 7) is 10.1. The highest BCUT2D eigenvalue weighted by atomic mass is 35.5. The van der Waals surface area contributed by atoms with Crippen LogP contribution in [0, 0.1) is 5.95 Å². The summed E-state index contributed by atoms with van der Waals surface area (Å²) in [5.74, 6) is -0.556. The molecular weight excluding hydrogens is 283 g/mol. The number of nitrogens with one attached hydrogen (secondary N) is 1. The molecule has 0 amide bonds. The summed E-state index contributed by atoms with van der Waals surface area (Å²) in [6.07, 6.45) is 3.57. The van der Waals surface area contributed by atoms with Crippen molar-refractivity contribution in [3.8, 4) is 0 Å². The Kier molecular flexibility index (Phi) is 6.30. The quantitative estimate of drug-likeness (QED) is 0.459. The molecule has 2 nitrogen and oxygen atoms in total. The van der Waals surface area contributed by atoms with Crippen LogP contribution < -0.4 is 4.72 Å². The van der Waals surface area contributed by atoms with Gasteiger partial charge >= 0.3 is 0 Å². The lowest BCUT2D eigenvalue weighted by atomic mass is 10.1. The van der Waals surface area contributed by atoms with Gasteiger partial charge in [0.25, 0.3) is 0 Å². The van der Waals surface area contributed by atoms with Gasteiger partial charge < -0.3 is 0 Å². The number of allylic oxidation sites excluding steroid dienone is 1. The molecule has 106 valence electrons. The predicted molar refractivity (Wildman–Crippen MR) is 81.9 cm³/mol. The van der Waals surface area contributed by atoms with Gasteiger partial charge in [0.05, 0.1) is 0 Å². The van der Waals surface area contributed by atoms with E-state index in [1.165, 1.54) is 6.07 Å². The average molecular weight is 303 g/mol. The molecule has 5 heteroatoms. The molecule has 0 spiro atoms. The third-order valence-electron chi connectivity index (χ3n) is 2.39. The minimum atomic E-state index is -0.556. The van der Waals surface area contributed by atoms with E-state index in [4.69, 9.17) is 11.6 Å². The number of hydrogen-bond donors (Lipinski definition) is 1. The first-order chi connectivity index (χ1) is 8.83. The molecule has 0 radical (unpaired) electrons. The molecule has 1 rings (SSSR count). The summed E-state index contributed by atoms with van der Waals surface area (Å²) in [6, 6.07) is 3.06. The third-order valence-corrected chi connectivity index (χ3v) is 3.70. The van der Waals surface area contributed by atoms with Crippen molar-refractivity contribution in [2.24, 2.45) is 0 Å². The van der Waals surface area contributed by atoms with Crippen molar-refractivity contribution in [1.29, 1.82) is 0 Å². The van der Waals surface area contributed by atoms with Crippen LogP contribution in [0.2, 0.25) is 5.15 Å². The summed E-state index contributed by atoms with van der Waals surface area (Å²) in [4.78, 5) is 3.67. The van der Waals surface area contributed by atoms with Gasteiger partial charge in [0, 0.05) is 16.4 Å². The van der Waals surface area contributed by atoms with E-state index in [1.54, 1.807) is 18.0 Å². The topological polar surface area (TPSA) is 24.9 Å². The Bertz CT molecular complexity index is 432. The number of rotatable bonds is 6. The SMILES string of the molecule is C=CCCC(NSC(C)(C)C)c1ccc(F)nc1Cl. The second-order valence-corrected chi connectivity index (χ2v) is 7.29. The summed E-state index contributed by atoms with van der Waals surface area (Å²) < 4.78 is 16.5. The molecular formula is C14H20ClFN2S. The van der Waals surface area contributed by atoms with Crippen LogP contribution in [-0.4, -0.2) is 9.73 Å². The van der Waals surface area contributed by atoms with Crippen LogP contribution in [0.3, 0.4) is 0 Å². The zero-order chi connectivity index (χ0) is 14.5. The van der Waals surface area contributed by atoms with Gasteiger partial charge in [0.15, 0.2) is 0 Å². The van der Waals surface area contributed by atoms with Crippen molar-refractivity contribution >= 4 is 23.5 Å². The summed E-state index contributed by atoms with van der Waals surface area (Å²) >= 11 is 7.66. The van der Waals surface area contributed by atoms with E-state index in [-0.39, 0.29) is 15.9 Å². The van der Waals surface area contributed by atoms with Gasteiger partial charge in [-0.05, 0) is 45.7 Å². The Hall–Kier alpha value is -0.580. The first-order valence-corrected chi connectivity index (χ1v) is 7.39. The highest BCUT2D eigenvalue weighted by molar-refractivity contribution is 7.98. The lowest BCUT2D eigenvalue weighted by molar-refractivity contribution is 0.571. The fourth-order valence-corrected chi connectivity index (χ4v) is 2.51. The smallest absolute Gasteiger partial charge is 0.214 e. The van der Waals surface area contributed by atoms with E-state index >= 15 is 0 Å². The number of nitrogens with zero attached hydrogens (tertiary/aromatic N) is 1. The molecule has 1 atom stereocenters. The first-order valence-electron chi connectivity index (χ1n) is 6.20. The fourth-order valence-electron chi connectivity index (χ4n) is 1.49. The molecule has 1 aromatic rings. The van der Waals surface area contributed by atoms with Gasteiger partial charge in [-0.3, -0.25) is 4.72 Å². The van der Waals surface area contributed by atoms with Crippen molar-refractivity contribution in [3.05, 3.63) is 41.5 Å². The van der Waals surface area contributed by atoms with Gasteiger partial charge in [-0.25, -0.2) is 4.98 Å². The maximum atomic E-state index is 13.0. The van der Waals surface area contributed by atoms with Crippen molar-refractivity contribution in [2.45, 2.75) is 44.4 Å². The van der Waals surface area contributed by atoms with Gasteiger partial charge in [0.1, 0.15) is 5.15 Å². The highest BCUT2D eigenvalue weighted by Gasteiger charge is 2.19. The van der Waals surface area contributed by atoms with E-state index in [1.807, 2.05) is 6.08 Å².